The highest BCUT2D eigenvalue weighted by molar-refractivity contribution is 6.32. The molecule has 0 fully saturated rings. The fraction of sp³-hybridized carbons (Fsp3) is 0.143. The summed E-state index contributed by atoms with van der Waals surface area (Å²) in [4.78, 5) is 0. The molecule has 4 heteroatoms. The SMILES string of the molecule is CNCc1ccc(Oc2ccccc2Cl)c(Cl)c1. The molecule has 0 amide bonds. The standard InChI is InChI=1S/C14H13Cl2NO/c1-17-9-10-6-7-14(12(16)8-10)18-13-5-3-2-4-11(13)15/h2-8,17H,9H2,1H3. The van der Waals surface area contributed by atoms with Crippen molar-refractivity contribution >= 4 is 23.2 Å². The molecule has 0 aliphatic heterocycles. The number of hydrogen-bond donors (Lipinski definition) is 1. The summed E-state index contributed by atoms with van der Waals surface area (Å²) < 4.78 is 5.69. The molecular formula is C14H13Cl2NO. The van der Waals surface area contributed by atoms with Crippen LogP contribution in [-0.2, 0) is 6.54 Å². The molecule has 0 atom stereocenters. The molecule has 0 aliphatic carbocycles. The lowest BCUT2D eigenvalue weighted by Crippen LogP contribution is -2.04. The quantitative estimate of drug-likeness (QED) is 0.891. The summed E-state index contributed by atoms with van der Waals surface area (Å²) in [5.41, 5.74) is 1.11. The minimum absolute atomic E-state index is 0.563. The van der Waals surface area contributed by atoms with Gasteiger partial charge in [0.25, 0.3) is 0 Å². The molecule has 0 bridgehead atoms. The largest absolute Gasteiger partial charge is 0.454 e. The topological polar surface area (TPSA) is 21.3 Å². The van der Waals surface area contributed by atoms with E-state index in [9.17, 15) is 0 Å². The first-order chi connectivity index (χ1) is 8.70. The second-order valence-electron chi connectivity index (χ2n) is 3.83. The highest BCUT2D eigenvalue weighted by Crippen LogP contribution is 2.33. The van der Waals surface area contributed by atoms with Gasteiger partial charge in [-0.1, -0.05) is 41.4 Å². The van der Waals surface area contributed by atoms with E-state index in [1.165, 1.54) is 0 Å². The maximum atomic E-state index is 6.17. The number of para-hydroxylation sites is 1. The average molecular weight is 282 g/mol. The van der Waals surface area contributed by atoms with Gasteiger partial charge in [-0.3, -0.25) is 0 Å². The lowest BCUT2D eigenvalue weighted by Gasteiger charge is -2.10. The summed E-state index contributed by atoms with van der Waals surface area (Å²) in [6, 6.07) is 13.0. The van der Waals surface area contributed by atoms with Crippen LogP contribution in [0.15, 0.2) is 42.5 Å². The van der Waals surface area contributed by atoms with Crippen LogP contribution < -0.4 is 10.1 Å². The minimum atomic E-state index is 0.563. The monoisotopic (exact) mass is 281 g/mol. The number of nitrogens with one attached hydrogen (secondary N) is 1. The van der Waals surface area contributed by atoms with Crippen molar-refractivity contribution in [3.05, 3.63) is 58.1 Å². The van der Waals surface area contributed by atoms with E-state index in [4.69, 9.17) is 27.9 Å². The van der Waals surface area contributed by atoms with Crippen molar-refractivity contribution in [2.24, 2.45) is 0 Å². The second kappa shape index (κ2) is 6.10. The summed E-state index contributed by atoms with van der Waals surface area (Å²) in [7, 11) is 1.89. The van der Waals surface area contributed by atoms with Gasteiger partial charge in [-0.25, -0.2) is 0 Å². The number of hydrogen-bond acceptors (Lipinski definition) is 2. The molecular weight excluding hydrogens is 269 g/mol. The lowest BCUT2D eigenvalue weighted by molar-refractivity contribution is 0.483. The van der Waals surface area contributed by atoms with Gasteiger partial charge in [-0.05, 0) is 36.9 Å². The highest BCUT2D eigenvalue weighted by atomic mass is 35.5. The van der Waals surface area contributed by atoms with Gasteiger partial charge in [0.05, 0.1) is 10.0 Å². The third kappa shape index (κ3) is 3.16. The minimum Gasteiger partial charge on any atom is -0.454 e. The van der Waals surface area contributed by atoms with E-state index in [-0.39, 0.29) is 0 Å². The van der Waals surface area contributed by atoms with Gasteiger partial charge in [0.1, 0.15) is 11.5 Å². The van der Waals surface area contributed by atoms with Crippen molar-refractivity contribution in [1.82, 2.24) is 5.32 Å². The van der Waals surface area contributed by atoms with E-state index in [0.717, 1.165) is 12.1 Å². The van der Waals surface area contributed by atoms with Crippen LogP contribution in [0.3, 0.4) is 0 Å². The first kappa shape index (κ1) is 13.2. The Balaban J connectivity index is 2.22. The molecule has 94 valence electrons. The Hall–Kier alpha value is -1.22. The molecule has 2 rings (SSSR count). The summed E-state index contributed by atoms with van der Waals surface area (Å²) in [5.74, 6) is 1.20. The van der Waals surface area contributed by atoms with E-state index in [1.807, 2.05) is 37.4 Å². The Labute approximate surface area is 116 Å². The first-order valence-corrected chi connectivity index (χ1v) is 6.31. The number of benzene rings is 2. The molecule has 0 spiro atoms. The summed E-state index contributed by atoms with van der Waals surface area (Å²) in [6.07, 6.45) is 0. The molecule has 2 aromatic rings. The van der Waals surface area contributed by atoms with Gasteiger partial charge in [-0.2, -0.15) is 0 Å². The van der Waals surface area contributed by atoms with E-state index in [0.29, 0.717) is 21.5 Å². The lowest BCUT2D eigenvalue weighted by atomic mass is 10.2. The summed E-state index contributed by atoms with van der Waals surface area (Å²) >= 11 is 12.2. The second-order valence-corrected chi connectivity index (χ2v) is 4.64. The Morgan fingerprint density at radius 1 is 1.00 bits per heavy atom. The molecule has 0 radical (unpaired) electrons. The van der Waals surface area contributed by atoms with Crippen LogP contribution in [-0.4, -0.2) is 7.05 Å². The van der Waals surface area contributed by atoms with Crippen LogP contribution in [0.1, 0.15) is 5.56 Å². The van der Waals surface area contributed by atoms with Gasteiger partial charge in [0.2, 0.25) is 0 Å². The zero-order chi connectivity index (χ0) is 13.0. The molecule has 0 saturated carbocycles. The Morgan fingerprint density at radius 3 is 2.39 bits per heavy atom. The summed E-state index contributed by atoms with van der Waals surface area (Å²) in [5, 5.41) is 4.20. The Morgan fingerprint density at radius 2 is 1.72 bits per heavy atom. The fourth-order valence-electron chi connectivity index (χ4n) is 1.59. The highest BCUT2D eigenvalue weighted by Gasteiger charge is 2.06. The normalized spacial score (nSPS) is 10.4. The fourth-order valence-corrected chi connectivity index (χ4v) is 2.00. The molecule has 1 N–H and O–H groups in total. The molecule has 18 heavy (non-hydrogen) atoms. The number of halogens is 2. The predicted molar refractivity (Wildman–Crippen MR) is 75.7 cm³/mol. The molecule has 0 saturated heterocycles. The van der Waals surface area contributed by atoms with Crippen LogP contribution in [0.25, 0.3) is 0 Å². The van der Waals surface area contributed by atoms with Crippen LogP contribution >= 0.6 is 23.2 Å². The van der Waals surface area contributed by atoms with Gasteiger partial charge in [0, 0.05) is 6.54 Å². The van der Waals surface area contributed by atoms with E-state index >= 15 is 0 Å². The van der Waals surface area contributed by atoms with Crippen LogP contribution in [0.2, 0.25) is 10.0 Å². The molecule has 2 nitrogen and oxygen atoms in total. The van der Waals surface area contributed by atoms with Crippen molar-refractivity contribution in [1.29, 1.82) is 0 Å². The number of ether oxygens (including phenoxy) is 1. The first-order valence-electron chi connectivity index (χ1n) is 5.56. The maximum absolute atomic E-state index is 6.17. The maximum Gasteiger partial charge on any atom is 0.146 e. The third-order valence-corrected chi connectivity index (χ3v) is 3.04. The zero-order valence-corrected chi connectivity index (χ0v) is 11.4. The van der Waals surface area contributed by atoms with Crippen molar-refractivity contribution < 1.29 is 4.74 Å². The molecule has 0 heterocycles. The van der Waals surface area contributed by atoms with Crippen molar-refractivity contribution in [3.8, 4) is 11.5 Å². The van der Waals surface area contributed by atoms with Crippen LogP contribution in [0.4, 0.5) is 0 Å². The predicted octanol–water partition coefficient (Wildman–Crippen LogP) is 4.51. The molecule has 2 aromatic carbocycles. The molecule has 0 aromatic heterocycles. The van der Waals surface area contributed by atoms with E-state index in [1.54, 1.807) is 12.1 Å². The molecule has 0 aliphatic rings. The van der Waals surface area contributed by atoms with Gasteiger partial charge < -0.3 is 10.1 Å². The van der Waals surface area contributed by atoms with Crippen LogP contribution in [0, 0.1) is 0 Å². The van der Waals surface area contributed by atoms with E-state index < -0.39 is 0 Å². The zero-order valence-electron chi connectivity index (χ0n) is 9.91. The van der Waals surface area contributed by atoms with E-state index in [2.05, 4.69) is 5.32 Å². The van der Waals surface area contributed by atoms with Gasteiger partial charge in [-0.15, -0.1) is 0 Å². The van der Waals surface area contributed by atoms with Crippen molar-refractivity contribution in [2.45, 2.75) is 6.54 Å². The summed E-state index contributed by atoms with van der Waals surface area (Å²) in [6.45, 7) is 0.770. The smallest absolute Gasteiger partial charge is 0.146 e. The van der Waals surface area contributed by atoms with Crippen molar-refractivity contribution in [2.75, 3.05) is 7.05 Å². The Kier molecular flexibility index (Phi) is 4.48. The third-order valence-electron chi connectivity index (χ3n) is 2.43. The molecule has 0 unspecified atom stereocenters. The average Bonchev–Trinajstić information content (AvgIpc) is 2.35. The van der Waals surface area contributed by atoms with Gasteiger partial charge >= 0.3 is 0 Å². The van der Waals surface area contributed by atoms with Crippen LogP contribution in [0.5, 0.6) is 11.5 Å². The van der Waals surface area contributed by atoms with Crippen molar-refractivity contribution in [3.63, 3.8) is 0 Å². The number of rotatable bonds is 4. The Bertz CT molecular complexity index is 543. The van der Waals surface area contributed by atoms with Gasteiger partial charge in [0.15, 0.2) is 0 Å².